The molecule has 1 aliphatic carbocycles. The van der Waals surface area contributed by atoms with Crippen LogP contribution < -0.4 is 10.2 Å². The van der Waals surface area contributed by atoms with Gasteiger partial charge in [0.15, 0.2) is 0 Å². The number of hydrogen-bond acceptors (Lipinski definition) is 6. The van der Waals surface area contributed by atoms with Gasteiger partial charge in [-0.15, -0.1) is 24.8 Å². The van der Waals surface area contributed by atoms with Gasteiger partial charge in [0, 0.05) is 37.7 Å². The van der Waals surface area contributed by atoms with Gasteiger partial charge in [-0.25, -0.2) is 4.98 Å². The monoisotopic (exact) mass is 367 g/mol. The summed E-state index contributed by atoms with van der Waals surface area (Å²) in [5, 5.41) is 4.24. The van der Waals surface area contributed by atoms with Gasteiger partial charge in [0.1, 0.15) is 5.82 Å². The first-order chi connectivity index (χ1) is 9.72. The Balaban J connectivity index is 0.00000121. The van der Waals surface area contributed by atoms with Crippen LogP contribution in [0, 0.1) is 12.8 Å². The first kappa shape index (κ1) is 19.4. The summed E-state index contributed by atoms with van der Waals surface area (Å²) in [6, 6.07) is 0. The van der Waals surface area contributed by atoms with Crippen LogP contribution in [0.15, 0.2) is 0 Å². The van der Waals surface area contributed by atoms with Crippen molar-refractivity contribution < 1.29 is 4.79 Å². The molecule has 6 nitrogen and oxygen atoms in total. The van der Waals surface area contributed by atoms with Crippen molar-refractivity contribution in [1.82, 2.24) is 19.6 Å². The highest BCUT2D eigenvalue weighted by molar-refractivity contribution is 7.09. The van der Waals surface area contributed by atoms with Crippen LogP contribution >= 0.6 is 36.3 Å². The summed E-state index contributed by atoms with van der Waals surface area (Å²) in [7, 11) is 0. The second-order valence-corrected chi connectivity index (χ2v) is 6.30. The number of carbonyl (C=O) groups is 1. The van der Waals surface area contributed by atoms with Gasteiger partial charge in [0.2, 0.25) is 11.0 Å². The lowest BCUT2D eigenvalue weighted by atomic mass is 10.3. The van der Waals surface area contributed by atoms with Crippen molar-refractivity contribution in [2.45, 2.75) is 19.8 Å². The lowest BCUT2D eigenvalue weighted by molar-refractivity contribution is -0.130. The number of amides is 1. The number of aryl methyl sites for hydroxylation is 1. The molecule has 22 heavy (non-hydrogen) atoms. The lowest BCUT2D eigenvalue weighted by Gasteiger charge is -2.34. The number of piperazine rings is 1. The van der Waals surface area contributed by atoms with Crippen molar-refractivity contribution in [3.05, 3.63) is 5.82 Å². The van der Waals surface area contributed by atoms with Gasteiger partial charge in [0.25, 0.3) is 0 Å². The van der Waals surface area contributed by atoms with Gasteiger partial charge < -0.3 is 15.1 Å². The summed E-state index contributed by atoms with van der Waals surface area (Å²) >= 11 is 1.44. The smallest absolute Gasteiger partial charge is 0.236 e. The molecule has 1 N–H and O–H groups in total. The molecule has 0 atom stereocenters. The third-order valence-corrected chi connectivity index (χ3v) is 4.69. The molecule has 2 aliphatic rings. The highest BCUT2D eigenvalue weighted by atomic mass is 35.5. The van der Waals surface area contributed by atoms with Crippen LogP contribution in [0.4, 0.5) is 5.13 Å². The highest BCUT2D eigenvalue weighted by Gasteiger charge is 2.24. The molecule has 2 fully saturated rings. The summed E-state index contributed by atoms with van der Waals surface area (Å²) in [4.78, 5) is 20.6. The number of nitrogens with zero attached hydrogens (tertiary/aromatic N) is 4. The van der Waals surface area contributed by atoms with E-state index < -0.39 is 0 Å². The number of rotatable bonds is 5. The van der Waals surface area contributed by atoms with Crippen LogP contribution in [-0.2, 0) is 4.79 Å². The van der Waals surface area contributed by atoms with Crippen LogP contribution in [0.3, 0.4) is 0 Å². The Bertz CT molecular complexity index is 475. The van der Waals surface area contributed by atoms with Gasteiger partial charge >= 0.3 is 0 Å². The summed E-state index contributed by atoms with van der Waals surface area (Å²) in [6.07, 6.45) is 2.64. The van der Waals surface area contributed by atoms with E-state index in [2.05, 4.69) is 19.6 Å². The summed E-state index contributed by atoms with van der Waals surface area (Å²) < 4.78 is 4.21. The van der Waals surface area contributed by atoms with E-state index in [1.54, 1.807) is 0 Å². The minimum atomic E-state index is 0. The van der Waals surface area contributed by atoms with Crippen molar-refractivity contribution in [3.8, 4) is 0 Å². The van der Waals surface area contributed by atoms with E-state index in [0.717, 1.165) is 49.6 Å². The minimum absolute atomic E-state index is 0. The maximum atomic E-state index is 12.1. The van der Waals surface area contributed by atoms with Gasteiger partial charge in [-0.05, 0) is 32.2 Å². The van der Waals surface area contributed by atoms with Crippen molar-refractivity contribution in [2.24, 2.45) is 5.92 Å². The zero-order chi connectivity index (χ0) is 13.9. The van der Waals surface area contributed by atoms with E-state index in [9.17, 15) is 4.79 Å². The quantitative estimate of drug-likeness (QED) is 0.850. The first-order valence-electron chi connectivity index (χ1n) is 7.26. The maximum absolute atomic E-state index is 12.1. The van der Waals surface area contributed by atoms with E-state index in [4.69, 9.17) is 0 Å². The standard InChI is InChI=1S/C13H21N5OS.2ClH/c1-10-15-13(20-16-10)18-6-4-17(5-7-18)12(19)9-14-8-11-2-3-11;;/h11,14H,2-9H2,1H3;2*1H. The molecule has 1 saturated carbocycles. The molecule has 1 aromatic heterocycles. The summed E-state index contributed by atoms with van der Waals surface area (Å²) in [5.74, 6) is 1.87. The van der Waals surface area contributed by atoms with E-state index in [1.165, 1.54) is 24.4 Å². The molecule has 1 saturated heterocycles. The largest absolute Gasteiger partial charge is 0.343 e. The second-order valence-electron chi connectivity index (χ2n) is 5.57. The Labute approximate surface area is 147 Å². The molecule has 3 rings (SSSR count). The SMILES string of the molecule is Cc1nsc(N2CCN(C(=O)CNCC3CC3)CC2)n1.Cl.Cl. The van der Waals surface area contributed by atoms with E-state index >= 15 is 0 Å². The van der Waals surface area contributed by atoms with E-state index in [-0.39, 0.29) is 30.7 Å². The second kappa shape index (κ2) is 8.86. The Kier molecular flexibility index (Phi) is 7.82. The molecular weight excluding hydrogens is 345 g/mol. The molecule has 0 spiro atoms. The molecular formula is C13H23Cl2N5OS. The lowest BCUT2D eigenvalue weighted by Crippen LogP contribution is -2.51. The fourth-order valence-corrected chi connectivity index (χ4v) is 3.10. The van der Waals surface area contributed by atoms with Crippen LogP contribution in [0.25, 0.3) is 0 Å². The molecule has 2 heterocycles. The predicted molar refractivity (Wildman–Crippen MR) is 93.5 cm³/mol. The third-order valence-electron chi connectivity index (χ3n) is 3.83. The fourth-order valence-electron chi connectivity index (χ4n) is 2.38. The zero-order valence-corrected chi connectivity index (χ0v) is 15.1. The van der Waals surface area contributed by atoms with Crippen LogP contribution in [0.5, 0.6) is 0 Å². The van der Waals surface area contributed by atoms with Gasteiger partial charge in [0.05, 0.1) is 6.54 Å². The van der Waals surface area contributed by atoms with Gasteiger partial charge in [-0.2, -0.15) is 4.37 Å². The van der Waals surface area contributed by atoms with Crippen molar-refractivity contribution in [2.75, 3.05) is 44.2 Å². The summed E-state index contributed by atoms with van der Waals surface area (Å²) in [6.45, 7) is 6.65. The molecule has 1 aliphatic heterocycles. The Morgan fingerprint density at radius 3 is 2.50 bits per heavy atom. The van der Waals surface area contributed by atoms with Gasteiger partial charge in [-0.1, -0.05) is 0 Å². The molecule has 126 valence electrons. The van der Waals surface area contributed by atoms with E-state index in [1.807, 2.05) is 11.8 Å². The molecule has 0 bridgehead atoms. The highest BCUT2D eigenvalue weighted by Crippen LogP contribution is 2.27. The fraction of sp³-hybridized carbons (Fsp3) is 0.769. The Morgan fingerprint density at radius 1 is 1.27 bits per heavy atom. The molecule has 1 amide bonds. The number of anilines is 1. The first-order valence-corrected chi connectivity index (χ1v) is 8.03. The number of halogens is 2. The number of hydrogen-bond donors (Lipinski definition) is 1. The average Bonchev–Trinajstić information content (AvgIpc) is 3.18. The molecule has 0 radical (unpaired) electrons. The van der Waals surface area contributed by atoms with Crippen LogP contribution in [-0.4, -0.2) is 59.4 Å². The molecule has 0 aromatic carbocycles. The van der Waals surface area contributed by atoms with Crippen LogP contribution in [0.2, 0.25) is 0 Å². The zero-order valence-electron chi connectivity index (χ0n) is 12.7. The molecule has 9 heteroatoms. The van der Waals surface area contributed by atoms with Crippen molar-refractivity contribution >= 4 is 47.4 Å². The topological polar surface area (TPSA) is 61.4 Å². The molecule has 1 aromatic rings. The number of carbonyl (C=O) groups excluding carboxylic acids is 1. The minimum Gasteiger partial charge on any atom is -0.343 e. The third kappa shape index (κ3) is 5.22. The average molecular weight is 368 g/mol. The van der Waals surface area contributed by atoms with Gasteiger partial charge in [-0.3, -0.25) is 4.79 Å². The van der Waals surface area contributed by atoms with E-state index in [0.29, 0.717) is 6.54 Å². The van der Waals surface area contributed by atoms with Crippen molar-refractivity contribution in [1.29, 1.82) is 0 Å². The maximum Gasteiger partial charge on any atom is 0.236 e. The summed E-state index contributed by atoms with van der Waals surface area (Å²) in [5.41, 5.74) is 0. The number of nitrogens with one attached hydrogen (secondary N) is 1. The molecule has 0 unspecified atom stereocenters. The van der Waals surface area contributed by atoms with Crippen molar-refractivity contribution in [3.63, 3.8) is 0 Å². The number of aromatic nitrogens is 2. The normalized spacial score (nSPS) is 17.7. The predicted octanol–water partition coefficient (Wildman–Crippen LogP) is 1.34. The van der Waals surface area contributed by atoms with Crippen LogP contribution in [0.1, 0.15) is 18.7 Å². The Hall–Kier alpha value is -0.630. The Morgan fingerprint density at radius 2 is 1.95 bits per heavy atom.